The molecule has 0 spiro atoms. The van der Waals surface area contributed by atoms with Gasteiger partial charge in [0.15, 0.2) is 0 Å². The third-order valence-corrected chi connectivity index (χ3v) is 21.8. The molecule has 6 N–H and O–H groups in total. The van der Waals surface area contributed by atoms with E-state index in [9.17, 15) is 70.5 Å². The molecule has 7 aliphatic heterocycles. The number of aliphatic hydroxyl groups is 3. The number of furan rings is 6. The largest absolute Gasteiger partial charge is 0.534 e. The molecule has 0 bridgehead atoms. The summed E-state index contributed by atoms with van der Waals surface area (Å²) in [5.74, 6) is 2.23. The number of ether oxygens (including phenoxy) is 6. The molecule has 0 aromatic carbocycles. The Hall–Kier alpha value is -10.2. The van der Waals surface area contributed by atoms with Crippen molar-refractivity contribution in [3.63, 3.8) is 0 Å². The Morgan fingerprint density at radius 2 is 0.856 bits per heavy atom. The van der Waals surface area contributed by atoms with E-state index in [4.69, 9.17) is 60.6 Å². The maximum atomic E-state index is 12.2. The van der Waals surface area contributed by atoms with Crippen LogP contribution in [0.3, 0.4) is 0 Å². The van der Waals surface area contributed by atoms with E-state index in [0.29, 0.717) is 93.9 Å². The molecule has 34 nitrogen and oxygen atoms in total. The number of hydrogen-bond donors (Lipinski definition) is 6. The highest BCUT2D eigenvalue weighted by Crippen LogP contribution is 2.38. The number of nitrogens with zero attached hydrogens (tertiary/aromatic N) is 6. The average Bonchev–Trinajstić information content (AvgIpc) is 1.42. The van der Waals surface area contributed by atoms with Crippen molar-refractivity contribution in [2.24, 2.45) is 11.8 Å². The van der Waals surface area contributed by atoms with Crippen molar-refractivity contribution in [3.8, 4) is 0 Å². The molecular weight excluding hydrogens is 1750 g/mol. The Morgan fingerprint density at radius 3 is 1.22 bits per heavy atom. The highest BCUT2D eigenvalue weighted by Gasteiger charge is 2.50. The summed E-state index contributed by atoms with van der Waals surface area (Å²) in [5.41, 5.74) is -3.17. The Morgan fingerprint density at radius 1 is 0.462 bits per heavy atom. The fraction of sp³-hybridized carbons (Fsp3) is 0.624. The third kappa shape index (κ3) is 38.8. The number of amides is 6. The number of β-amino-alcohol motifs (C(OH)–C–C–N with tert-alkyl or cyclic N) is 2. The monoisotopic (exact) mass is 1890 g/mol. The highest BCUT2D eigenvalue weighted by molar-refractivity contribution is 7.87. The number of nitrogens with one attached hydrogen (secondary N) is 1. The van der Waals surface area contributed by atoms with Gasteiger partial charge in [0.1, 0.15) is 56.9 Å². The van der Waals surface area contributed by atoms with Gasteiger partial charge < -0.3 is 119 Å². The zero-order valence-electron chi connectivity index (χ0n) is 79.2. The molecule has 13 heterocycles. The number of carbonyl (C=O) groups is 7. The minimum absolute atomic E-state index is 0. The number of carbonyl (C=O) groups excluding carboxylic acids is 7. The van der Waals surface area contributed by atoms with E-state index in [-0.39, 0.29) is 81.7 Å². The quantitative estimate of drug-likeness (QED) is 0.0357. The fourth-order valence-electron chi connectivity index (χ4n) is 14.1. The van der Waals surface area contributed by atoms with E-state index in [1.165, 1.54) is 64.0 Å². The van der Waals surface area contributed by atoms with Crippen molar-refractivity contribution in [1.82, 2.24) is 34.7 Å². The topological polar surface area (TPSA) is 430 Å². The third-order valence-electron chi connectivity index (χ3n) is 20.8. The lowest BCUT2D eigenvalue weighted by molar-refractivity contribution is -0.123. The molecule has 39 heteroatoms. The van der Waals surface area contributed by atoms with Crippen molar-refractivity contribution in [1.29, 1.82) is 0 Å². The first kappa shape index (κ1) is 112. The molecule has 8 unspecified atom stereocenters. The Balaban J connectivity index is 0.000000269. The minimum atomic E-state index is -5.67. The molecular formula is C93H141BF3N7O27S. The summed E-state index contributed by atoms with van der Waals surface area (Å²) in [4.78, 5) is 91.2. The summed E-state index contributed by atoms with van der Waals surface area (Å²) in [5, 5.41) is 51.1. The summed E-state index contributed by atoms with van der Waals surface area (Å²) in [6, 6.07) is 11.0. The van der Waals surface area contributed by atoms with Gasteiger partial charge in [-0.25, -0.2) is 28.8 Å². The van der Waals surface area contributed by atoms with Crippen LogP contribution in [-0.2, 0) is 53.1 Å². The highest BCUT2D eigenvalue weighted by atomic mass is 32.2. The zero-order chi connectivity index (χ0) is 97.8. The molecule has 0 aliphatic carbocycles. The Labute approximate surface area is 774 Å². The van der Waals surface area contributed by atoms with Crippen molar-refractivity contribution < 1.29 is 140 Å². The van der Waals surface area contributed by atoms with Gasteiger partial charge in [0.25, 0.3) is 0 Å². The second-order valence-corrected chi connectivity index (χ2v) is 40.3. The zero-order valence-corrected chi connectivity index (χ0v) is 80.0. The minimum Gasteiger partial charge on any atom is -0.473 e. The fourth-order valence-corrected chi connectivity index (χ4v) is 14.7. The lowest BCUT2D eigenvalue weighted by Crippen LogP contribution is -2.55. The molecule has 13 rings (SSSR count). The van der Waals surface area contributed by atoms with Crippen LogP contribution in [0.1, 0.15) is 243 Å². The van der Waals surface area contributed by atoms with Crippen molar-refractivity contribution in [3.05, 3.63) is 157 Å². The number of Topliss-reactive ketones (excluding diaryl/α,β-unsaturated/α-hetero) is 1. The molecule has 7 aliphatic rings. The van der Waals surface area contributed by atoms with Crippen molar-refractivity contribution >= 4 is 70.6 Å². The maximum Gasteiger partial charge on any atom is 0.534 e. The van der Waals surface area contributed by atoms with Gasteiger partial charge in [0.2, 0.25) is 0 Å². The van der Waals surface area contributed by atoms with Crippen LogP contribution in [0.4, 0.5) is 41.9 Å². The van der Waals surface area contributed by atoms with E-state index in [0.717, 1.165) is 62.1 Å². The Kier molecular flexibility index (Phi) is 42.3. The standard InChI is InChI=1S/C15H23NO3.C14H21NO5.C14H21NO4.C14H19NO3.C11H16F3NO5S.C10H17NO3.C10H15NO.C4H5BO3.CH4/c1-11-9-16(14(17)19-15(2,3)4)7-5-13(11)12-6-8-18-10-12;1-13(2,3)20-12(17)15-6-5-14(18,11(16)8-15)10-4-7-19-9-10;1-14(2,3)19-13(17)15-6-4-11(12(16)8-15)10-5-7-18-9-10;1-14(2,3)18-13(16)15-7-4-11(5-8-15)12-6-9-17-10-12;1-10(2,3)19-9(16)15-6-4-8(5-7-15)20-21(17,18)11(12,13)14;1-10(2,3)14-9(13)11-6-4-8(12)5-7-11;1-8-6-11-4-2-10(8)9-3-5-12-7-9;6-5(7)4-1-2-8-3-4;/h6,8,10-11,13H,5,7,9H2,1-4H3;4,7,9,11,16,18H,5-6,8H2,1-3H3;5,7,9,11-12,16H,4,6,8H2,1-3H3;4,6,9-10H,5,7-8H2,1-3H3;4H,5-7H2,1-3H3;4-7H2,1-3H3;3,5,7-8,10-11H,2,4,6H2,1H3;1-3,6-7H;1H4. The van der Waals surface area contributed by atoms with Crippen LogP contribution >= 0.6 is 0 Å². The summed E-state index contributed by atoms with van der Waals surface area (Å²) in [6.07, 6.45) is 23.3. The molecule has 5 saturated heterocycles. The number of piperidine rings is 5. The number of ketones is 1. The van der Waals surface area contributed by atoms with Crippen LogP contribution in [0, 0.1) is 11.8 Å². The number of aliphatic hydroxyl groups excluding tert-OH is 2. The van der Waals surface area contributed by atoms with Gasteiger partial charge in [-0.05, 0) is 252 Å². The predicted molar refractivity (Wildman–Crippen MR) is 485 cm³/mol. The van der Waals surface area contributed by atoms with Gasteiger partial charge in [-0.15, -0.1) is 0 Å². The van der Waals surface area contributed by atoms with Gasteiger partial charge in [0.05, 0.1) is 94.4 Å². The van der Waals surface area contributed by atoms with Crippen LogP contribution in [0.15, 0.2) is 156 Å². The van der Waals surface area contributed by atoms with Crippen LogP contribution in [0.25, 0.3) is 5.57 Å². The summed E-state index contributed by atoms with van der Waals surface area (Å²) < 4.78 is 124. The van der Waals surface area contributed by atoms with Crippen LogP contribution in [-0.4, -0.2) is 256 Å². The molecule has 8 atom stereocenters. The SMILES string of the molecule is C.CC(C)(C)OC(=O)N1CC=C(OS(=O)(=O)C(F)(F)F)CC1.CC(C)(C)OC(=O)N1CC=C(c2ccoc2)CC1.CC(C)(C)OC(=O)N1CCC(=O)CC1.CC(C)(C)OC(=O)N1CCC(O)(c2ccoc2)C(O)C1.CC(C)(C)OC(=O)N1CCC(c2ccoc2)C(O)C1.CC1CN(C(=O)OC(C)(C)C)CCC1c1ccoc1.CC1CNCCC1c1ccoc1.OB(O)c1ccoc1. The smallest absolute Gasteiger partial charge is 0.473 e. The molecule has 132 heavy (non-hydrogen) atoms. The van der Waals surface area contributed by atoms with Crippen LogP contribution < -0.4 is 10.8 Å². The predicted octanol–water partition coefficient (Wildman–Crippen LogP) is 16.3. The molecule has 6 aromatic rings. The van der Waals surface area contributed by atoms with Crippen LogP contribution in [0.2, 0.25) is 0 Å². The Bertz CT molecular complexity index is 4530. The number of alkyl halides is 3. The second kappa shape index (κ2) is 49.7. The van der Waals surface area contributed by atoms with E-state index in [2.05, 4.69) is 39.9 Å². The van der Waals surface area contributed by atoms with Crippen LogP contribution in [0.5, 0.6) is 0 Å². The normalized spacial score (nSPS) is 21.4. The number of hydrogen-bond acceptors (Lipinski definition) is 28. The number of rotatable bonds is 8. The molecule has 740 valence electrons. The first-order valence-corrected chi connectivity index (χ1v) is 45.3. The summed E-state index contributed by atoms with van der Waals surface area (Å²) in [7, 11) is -7.08. The van der Waals surface area contributed by atoms with Gasteiger partial charge >= 0.3 is 59.3 Å². The van der Waals surface area contributed by atoms with Gasteiger partial charge in [-0.1, -0.05) is 27.4 Å². The summed E-state index contributed by atoms with van der Waals surface area (Å²) >= 11 is 0. The number of halogens is 3. The lowest BCUT2D eigenvalue weighted by Gasteiger charge is -2.41. The second-order valence-electron chi connectivity index (χ2n) is 38.7. The first-order chi connectivity index (χ1) is 60.8. The molecule has 0 saturated carbocycles. The molecule has 6 amide bonds. The van der Waals surface area contributed by atoms with E-state index in [1.54, 1.807) is 99.9 Å². The first-order valence-electron chi connectivity index (χ1n) is 43.9. The molecule has 5 fully saturated rings. The maximum absolute atomic E-state index is 12.2. The van der Waals surface area contributed by atoms with Gasteiger partial charge in [-0.2, -0.15) is 21.6 Å². The van der Waals surface area contributed by atoms with Gasteiger partial charge in [0, 0.05) is 114 Å². The van der Waals surface area contributed by atoms with Gasteiger partial charge in [-0.3, -0.25) is 4.79 Å². The lowest BCUT2D eigenvalue weighted by atomic mass is 9.83. The molecule has 6 aromatic heterocycles. The summed E-state index contributed by atoms with van der Waals surface area (Å²) in [6.45, 7) is 44.3. The van der Waals surface area contributed by atoms with E-state index >= 15 is 0 Å². The number of likely N-dealkylation sites (tertiary alicyclic amines) is 4. The van der Waals surface area contributed by atoms with E-state index < -0.39 is 86.3 Å². The van der Waals surface area contributed by atoms with E-state index in [1.807, 2.05) is 119 Å². The average molecular weight is 1890 g/mol. The molecule has 0 radical (unpaired) electrons. The van der Waals surface area contributed by atoms with Crippen molar-refractivity contribution in [2.45, 2.75) is 272 Å². The van der Waals surface area contributed by atoms with Crippen molar-refractivity contribution in [2.75, 3.05) is 91.6 Å².